The Kier molecular flexibility index (Phi) is 5.53. The third-order valence-corrected chi connectivity index (χ3v) is 10.3. The lowest BCUT2D eigenvalue weighted by molar-refractivity contribution is 0.668. The minimum Gasteiger partial charge on any atom is -0.352 e. The van der Waals surface area contributed by atoms with E-state index in [1.54, 1.807) is 0 Å². The number of hydrogen-bond acceptors (Lipinski definition) is 6. The molecule has 1 aliphatic rings. The quantitative estimate of drug-likeness (QED) is 0.637. The molecule has 0 bridgehead atoms. The van der Waals surface area contributed by atoms with Crippen molar-refractivity contribution in [1.82, 2.24) is 13.2 Å². The van der Waals surface area contributed by atoms with Gasteiger partial charge in [0.15, 0.2) is 0 Å². The summed E-state index contributed by atoms with van der Waals surface area (Å²) in [5.74, 6) is 0. The van der Waals surface area contributed by atoms with E-state index >= 15 is 0 Å². The molecule has 12 heteroatoms. The van der Waals surface area contributed by atoms with Crippen LogP contribution in [0.3, 0.4) is 0 Å². The van der Waals surface area contributed by atoms with E-state index in [9.17, 15) is 0 Å². The zero-order chi connectivity index (χ0) is 17.0. The summed E-state index contributed by atoms with van der Waals surface area (Å²) in [6.45, 7) is 20.7. The molecule has 0 aromatic heterocycles. The van der Waals surface area contributed by atoms with Gasteiger partial charge in [0.25, 0.3) is 0 Å². The molecule has 1 rings (SSSR count). The fourth-order valence-corrected chi connectivity index (χ4v) is 9.11. The Hall–Kier alpha value is 0.605. The highest BCUT2D eigenvalue weighted by Gasteiger charge is 2.58. The highest BCUT2D eigenvalue weighted by atomic mass is 28.3. The van der Waals surface area contributed by atoms with Crippen molar-refractivity contribution in [1.29, 1.82) is 0 Å². The van der Waals surface area contributed by atoms with Crippen molar-refractivity contribution < 1.29 is 0 Å². The molecule has 0 spiro atoms. The Bertz CT molecular complexity index is 313. The maximum atomic E-state index is 6.63. The molecule has 120 valence electrons. The van der Waals surface area contributed by atoms with E-state index in [-0.39, 0.29) is 21.4 Å². The van der Waals surface area contributed by atoms with Crippen molar-refractivity contribution in [2.45, 2.75) is 58.9 Å². The fraction of sp³-hybridized carbons (Fsp3) is 1.00. The Labute approximate surface area is 135 Å². The van der Waals surface area contributed by atoms with Crippen LogP contribution in [0.2, 0.25) is 58.9 Å². The molecule has 0 atom stereocenters. The fourth-order valence-electron chi connectivity index (χ4n) is 3.25. The molecular formula is C9H33B3N6Si3. The minimum absolute atomic E-state index is 0.180. The lowest BCUT2D eigenvalue weighted by Gasteiger charge is -2.60. The van der Waals surface area contributed by atoms with Crippen molar-refractivity contribution >= 4 is 46.1 Å². The minimum atomic E-state index is -1.66. The van der Waals surface area contributed by atoms with E-state index in [1.165, 1.54) is 0 Å². The summed E-state index contributed by atoms with van der Waals surface area (Å²) < 4.78 is 7.02. The van der Waals surface area contributed by atoms with E-state index in [0.717, 1.165) is 0 Å². The second kappa shape index (κ2) is 5.91. The molecule has 0 aliphatic carbocycles. The van der Waals surface area contributed by atoms with E-state index in [0.29, 0.717) is 0 Å². The molecule has 0 aromatic rings. The van der Waals surface area contributed by atoms with Crippen molar-refractivity contribution in [3.05, 3.63) is 0 Å². The van der Waals surface area contributed by atoms with Gasteiger partial charge in [-0.25, -0.2) is 0 Å². The smallest absolute Gasteiger partial charge is 0.352 e. The predicted molar refractivity (Wildman–Crippen MR) is 105 cm³/mol. The highest BCUT2D eigenvalue weighted by Crippen LogP contribution is 2.27. The standard InChI is InChI=1S/C9H33B3N6Si3/c1-19(2,3)16-10(13)17(20(4,5)6)12(15)18(11(16)14)21(7,8)9/h13-15H2,1-9H3. The molecule has 1 fully saturated rings. The average molecular weight is 342 g/mol. The van der Waals surface area contributed by atoms with Gasteiger partial charge in [0.2, 0.25) is 0 Å². The summed E-state index contributed by atoms with van der Waals surface area (Å²) in [6.07, 6.45) is 0. The summed E-state index contributed by atoms with van der Waals surface area (Å²) in [4.78, 5) is 0. The lowest BCUT2D eigenvalue weighted by Crippen LogP contribution is -2.92. The van der Waals surface area contributed by atoms with Crippen molar-refractivity contribution in [2.24, 2.45) is 16.9 Å². The van der Waals surface area contributed by atoms with Gasteiger partial charge >= 0.3 is 21.4 Å². The van der Waals surface area contributed by atoms with Gasteiger partial charge in [0.1, 0.15) is 24.7 Å². The van der Waals surface area contributed by atoms with Crippen molar-refractivity contribution in [3.8, 4) is 0 Å². The zero-order valence-corrected chi connectivity index (χ0v) is 18.3. The molecule has 0 aromatic carbocycles. The van der Waals surface area contributed by atoms with E-state index < -0.39 is 24.7 Å². The monoisotopic (exact) mass is 342 g/mol. The molecule has 0 radical (unpaired) electrons. The van der Waals surface area contributed by atoms with Crippen LogP contribution in [0, 0.1) is 0 Å². The maximum Gasteiger partial charge on any atom is 0.365 e. The topological polar surface area (TPSA) is 87.8 Å². The van der Waals surface area contributed by atoms with Crippen LogP contribution in [0.4, 0.5) is 0 Å². The number of rotatable bonds is 3. The van der Waals surface area contributed by atoms with Gasteiger partial charge in [0.05, 0.1) is 0 Å². The van der Waals surface area contributed by atoms with Crippen LogP contribution in [0.5, 0.6) is 0 Å². The van der Waals surface area contributed by atoms with Gasteiger partial charge in [-0.15, -0.1) is 0 Å². The SMILES string of the molecule is C[Si](C)(C)N1B(N)N([Si](C)(C)C)B(N)N([Si](C)(C)C)B1N. The summed E-state index contributed by atoms with van der Waals surface area (Å²) in [6, 6.07) is 0. The van der Waals surface area contributed by atoms with Crippen molar-refractivity contribution in [3.63, 3.8) is 0 Å². The van der Waals surface area contributed by atoms with Crippen LogP contribution in [0.25, 0.3) is 0 Å². The zero-order valence-electron chi connectivity index (χ0n) is 15.3. The third kappa shape index (κ3) is 3.93. The molecular weight excluding hydrogens is 309 g/mol. The van der Waals surface area contributed by atoms with Crippen LogP contribution in [-0.2, 0) is 0 Å². The number of nitrogens with zero attached hydrogens (tertiary/aromatic N) is 3. The van der Waals surface area contributed by atoms with Crippen molar-refractivity contribution in [2.75, 3.05) is 0 Å². The normalized spacial score (nSPS) is 21.4. The van der Waals surface area contributed by atoms with Crippen LogP contribution in [-0.4, -0.2) is 59.2 Å². The predicted octanol–water partition coefficient (Wildman–Crippen LogP) is 0.242. The molecule has 6 N–H and O–H groups in total. The first kappa shape index (κ1) is 19.7. The third-order valence-electron chi connectivity index (χ3n) is 4.03. The largest absolute Gasteiger partial charge is 0.365 e. The van der Waals surface area contributed by atoms with Gasteiger partial charge in [-0.05, 0) is 0 Å². The maximum absolute atomic E-state index is 6.63. The van der Waals surface area contributed by atoms with E-state index in [2.05, 4.69) is 72.1 Å². The first-order chi connectivity index (χ1) is 9.10. The summed E-state index contributed by atoms with van der Waals surface area (Å²) in [7, 11) is -5.53. The van der Waals surface area contributed by atoms with Gasteiger partial charge in [0, 0.05) is 0 Å². The molecule has 0 amide bonds. The number of hydrogen-bond donors (Lipinski definition) is 3. The van der Waals surface area contributed by atoms with Gasteiger partial charge in [-0.3, -0.25) is 0 Å². The molecule has 6 nitrogen and oxygen atoms in total. The van der Waals surface area contributed by atoms with Crippen LogP contribution >= 0.6 is 0 Å². The lowest BCUT2D eigenvalue weighted by atomic mass is 9.65. The molecule has 0 unspecified atom stereocenters. The Morgan fingerprint density at radius 2 is 0.619 bits per heavy atom. The number of nitrogens with two attached hydrogens (primary N) is 3. The van der Waals surface area contributed by atoms with E-state index in [1.807, 2.05) is 0 Å². The summed E-state index contributed by atoms with van der Waals surface area (Å²) in [5, 5.41) is 0. The van der Waals surface area contributed by atoms with Gasteiger partial charge in [-0.2, -0.15) is 0 Å². The Balaban J connectivity index is 3.38. The highest BCUT2D eigenvalue weighted by molar-refractivity contribution is 7.08. The molecule has 21 heavy (non-hydrogen) atoms. The van der Waals surface area contributed by atoms with Crippen LogP contribution < -0.4 is 16.9 Å². The van der Waals surface area contributed by atoms with E-state index in [4.69, 9.17) is 16.9 Å². The molecule has 1 aliphatic heterocycles. The summed E-state index contributed by atoms with van der Waals surface area (Å²) in [5.41, 5.74) is 19.9. The Morgan fingerprint density at radius 1 is 0.476 bits per heavy atom. The first-order valence-electron chi connectivity index (χ1n) is 7.72. The average Bonchev–Trinajstić information content (AvgIpc) is 2.07. The Morgan fingerprint density at radius 3 is 0.714 bits per heavy atom. The van der Waals surface area contributed by atoms with Crippen LogP contribution in [0.15, 0.2) is 0 Å². The van der Waals surface area contributed by atoms with Crippen LogP contribution in [0.1, 0.15) is 0 Å². The van der Waals surface area contributed by atoms with Gasteiger partial charge in [-0.1, -0.05) is 58.9 Å². The first-order valence-corrected chi connectivity index (χ1v) is 18.1. The second-order valence-corrected chi connectivity index (χ2v) is 23.5. The molecule has 1 heterocycles. The van der Waals surface area contributed by atoms with Gasteiger partial charge < -0.3 is 30.1 Å². The molecule has 1 saturated heterocycles. The summed E-state index contributed by atoms with van der Waals surface area (Å²) >= 11 is 0. The second-order valence-electron chi connectivity index (χ2n) is 8.98. The molecule has 0 saturated carbocycles.